The maximum Gasteiger partial charge on any atom is 0.434 e. The van der Waals surface area contributed by atoms with Crippen molar-refractivity contribution in [1.29, 1.82) is 0 Å². The highest BCUT2D eigenvalue weighted by Gasteiger charge is 1.87. The number of nitrogens with one attached hydrogen (secondary N) is 1. The molecule has 0 atom stereocenters. The molecule has 0 amide bonds. The molecule has 1 heterocycles. The molecular weight excluding hydrogens is 204 g/mol. The Morgan fingerprint density at radius 3 is 1.81 bits per heavy atom. The fourth-order valence-electron chi connectivity index (χ4n) is 1.33. The molecule has 94 valence electrons. The van der Waals surface area contributed by atoms with Crippen LogP contribution in [0.4, 0.5) is 0 Å². The van der Waals surface area contributed by atoms with Crippen LogP contribution in [-0.4, -0.2) is 10.2 Å². The van der Waals surface area contributed by atoms with Crippen LogP contribution in [0.5, 0.6) is 0 Å². The van der Waals surface area contributed by atoms with Crippen molar-refractivity contribution in [2.24, 2.45) is 0 Å². The smallest absolute Gasteiger partial charge is 0.393 e. The number of aromatic nitrogens is 2. The number of nitrogens with zero attached hydrogens (tertiary/aromatic N) is 1. The van der Waals surface area contributed by atoms with Gasteiger partial charge in [0.25, 0.3) is 0 Å². The highest BCUT2D eigenvalue weighted by atomic mass is 16.4. The zero-order chi connectivity index (χ0) is 12.2. The molecule has 0 radical (unpaired) electrons. The second-order valence-corrected chi connectivity index (χ2v) is 3.90. The third kappa shape index (κ3) is 9.49. The fourth-order valence-corrected chi connectivity index (χ4v) is 1.33. The molecule has 0 aliphatic rings. The molecule has 0 saturated heterocycles. The third-order valence-electron chi connectivity index (χ3n) is 2.25. The zero-order valence-corrected chi connectivity index (χ0v) is 10.7. The largest absolute Gasteiger partial charge is 0.434 e. The maximum absolute atomic E-state index is 10.0. The lowest BCUT2D eigenvalue weighted by atomic mass is 10.1. The standard InChI is InChI=1S/C9H20.C3H4N2O2/c1-3-5-7-9-8-6-4-2;1-2-4-5-3(6)7-2/h3-9H2,1-2H3;1H3,(H,5,6). The van der Waals surface area contributed by atoms with Gasteiger partial charge in [-0.3, -0.25) is 0 Å². The van der Waals surface area contributed by atoms with Crippen LogP contribution in [0, 0.1) is 6.92 Å². The van der Waals surface area contributed by atoms with Gasteiger partial charge in [0.15, 0.2) is 0 Å². The van der Waals surface area contributed by atoms with Crippen molar-refractivity contribution in [3.8, 4) is 0 Å². The molecule has 0 bridgehead atoms. The summed E-state index contributed by atoms with van der Waals surface area (Å²) in [6, 6.07) is 0. The minimum atomic E-state index is -0.502. The fraction of sp³-hybridized carbons (Fsp3) is 0.833. The predicted molar refractivity (Wildman–Crippen MR) is 65.5 cm³/mol. The number of rotatable bonds is 6. The summed E-state index contributed by atoms with van der Waals surface area (Å²) in [7, 11) is 0. The number of H-pyrrole nitrogens is 1. The predicted octanol–water partition coefficient (Wildman–Crippen LogP) is 3.43. The van der Waals surface area contributed by atoms with Gasteiger partial charge in [-0.2, -0.15) is 0 Å². The van der Waals surface area contributed by atoms with E-state index in [0.29, 0.717) is 5.89 Å². The summed E-state index contributed by atoms with van der Waals surface area (Å²) in [6.45, 7) is 6.12. The Labute approximate surface area is 97.5 Å². The Morgan fingerprint density at radius 1 is 1.06 bits per heavy atom. The van der Waals surface area contributed by atoms with Crippen molar-refractivity contribution >= 4 is 0 Å². The first-order valence-electron chi connectivity index (χ1n) is 6.22. The minimum absolute atomic E-state index is 0.366. The molecule has 0 aromatic carbocycles. The summed E-state index contributed by atoms with van der Waals surface area (Å²) in [6.07, 6.45) is 9.97. The maximum atomic E-state index is 10.0. The van der Waals surface area contributed by atoms with Gasteiger partial charge in [0.05, 0.1) is 0 Å². The molecule has 16 heavy (non-hydrogen) atoms. The van der Waals surface area contributed by atoms with Crippen molar-refractivity contribution in [1.82, 2.24) is 10.2 Å². The monoisotopic (exact) mass is 228 g/mol. The van der Waals surface area contributed by atoms with E-state index in [2.05, 4.69) is 28.5 Å². The quantitative estimate of drug-likeness (QED) is 0.759. The first-order valence-corrected chi connectivity index (χ1v) is 6.22. The lowest BCUT2D eigenvalue weighted by Crippen LogP contribution is -1.93. The molecule has 4 nitrogen and oxygen atoms in total. The molecule has 1 aromatic heterocycles. The number of hydrogen-bond acceptors (Lipinski definition) is 3. The second-order valence-electron chi connectivity index (χ2n) is 3.90. The molecule has 0 unspecified atom stereocenters. The number of aromatic amines is 1. The van der Waals surface area contributed by atoms with E-state index in [1.165, 1.54) is 44.9 Å². The Balaban J connectivity index is 0.000000288. The van der Waals surface area contributed by atoms with Gasteiger partial charge in [0, 0.05) is 6.92 Å². The lowest BCUT2D eigenvalue weighted by molar-refractivity contribution is 0.483. The van der Waals surface area contributed by atoms with E-state index in [1.807, 2.05) is 0 Å². The van der Waals surface area contributed by atoms with Crippen molar-refractivity contribution < 1.29 is 4.42 Å². The summed E-state index contributed by atoms with van der Waals surface area (Å²) in [5.74, 6) is -0.137. The van der Waals surface area contributed by atoms with E-state index in [9.17, 15) is 4.79 Å². The van der Waals surface area contributed by atoms with Gasteiger partial charge in [-0.05, 0) is 0 Å². The van der Waals surface area contributed by atoms with Crippen LogP contribution in [0.25, 0.3) is 0 Å². The van der Waals surface area contributed by atoms with Gasteiger partial charge < -0.3 is 4.42 Å². The van der Waals surface area contributed by atoms with Crippen LogP contribution in [0.3, 0.4) is 0 Å². The molecule has 0 aliphatic carbocycles. The van der Waals surface area contributed by atoms with Crippen LogP contribution in [0.15, 0.2) is 9.21 Å². The van der Waals surface area contributed by atoms with Gasteiger partial charge in [-0.1, -0.05) is 58.8 Å². The van der Waals surface area contributed by atoms with Crippen LogP contribution in [0.1, 0.15) is 64.7 Å². The summed E-state index contributed by atoms with van der Waals surface area (Å²) < 4.78 is 4.36. The van der Waals surface area contributed by atoms with Crippen molar-refractivity contribution in [3.05, 3.63) is 16.4 Å². The lowest BCUT2D eigenvalue weighted by Gasteiger charge is -1.96. The van der Waals surface area contributed by atoms with Gasteiger partial charge in [-0.15, -0.1) is 5.10 Å². The Bertz CT molecular complexity index is 285. The second kappa shape index (κ2) is 10.5. The average molecular weight is 228 g/mol. The van der Waals surface area contributed by atoms with E-state index in [-0.39, 0.29) is 0 Å². The first kappa shape index (κ1) is 14.9. The highest BCUT2D eigenvalue weighted by Crippen LogP contribution is 2.05. The molecule has 0 spiro atoms. The molecule has 0 fully saturated rings. The van der Waals surface area contributed by atoms with E-state index < -0.39 is 5.76 Å². The Kier molecular flexibility index (Phi) is 9.76. The van der Waals surface area contributed by atoms with Gasteiger partial charge >= 0.3 is 5.76 Å². The average Bonchev–Trinajstić information content (AvgIpc) is 2.63. The van der Waals surface area contributed by atoms with Crippen LogP contribution in [0.2, 0.25) is 0 Å². The Morgan fingerprint density at radius 2 is 1.56 bits per heavy atom. The molecule has 1 rings (SSSR count). The van der Waals surface area contributed by atoms with Crippen molar-refractivity contribution in [2.75, 3.05) is 0 Å². The number of hydrogen-bond donors (Lipinski definition) is 1. The van der Waals surface area contributed by atoms with Crippen LogP contribution in [-0.2, 0) is 0 Å². The summed E-state index contributed by atoms with van der Waals surface area (Å²) in [5.41, 5.74) is 0. The molecule has 0 saturated carbocycles. The minimum Gasteiger partial charge on any atom is -0.393 e. The SMILES string of the molecule is CCCCCCCCC.Cc1n[nH]c(=O)o1. The summed E-state index contributed by atoms with van der Waals surface area (Å²) >= 11 is 0. The van der Waals surface area contributed by atoms with Gasteiger partial charge in [-0.25, -0.2) is 9.89 Å². The molecule has 1 aromatic rings. The highest BCUT2D eigenvalue weighted by molar-refractivity contribution is 4.61. The van der Waals surface area contributed by atoms with Crippen LogP contribution >= 0.6 is 0 Å². The third-order valence-corrected chi connectivity index (χ3v) is 2.25. The topological polar surface area (TPSA) is 58.9 Å². The number of aryl methyl sites for hydroxylation is 1. The summed E-state index contributed by atoms with van der Waals surface area (Å²) in [4.78, 5) is 10.0. The van der Waals surface area contributed by atoms with Crippen LogP contribution < -0.4 is 5.76 Å². The van der Waals surface area contributed by atoms with E-state index in [0.717, 1.165) is 0 Å². The molecular formula is C12H24N2O2. The normalized spacial score (nSPS) is 9.69. The zero-order valence-electron chi connectivity index (χ0n) is 10.7. The van der Waals surface area contributed by atoms with Crippen molar-refractivity contribution in [3.63, 3.8) is 0 Å². The van der Waals surface area contributed by atoms with E-state index in [1.54, 1.807) is 6.92 Å². The van der Waals surface area contributed by atoms with E-state index >= 15 is 0 Å². The molecule has 4 heteroatoms. The molecule has 1 N–H and O–H groups in total. The first-order chi connectivity index (χ1) is 7.70. The Hall–Kier alpha value is -1.06. The van der Waals surface area contributed by atoms with Gasteiger partial charge in [0.1, 0.15) is 0 Å². The van der Waals surface area contributed by atoms with E-state index in [4.69, 9.17) is 0 Å². The van der Waals surface area contributed by atoms with Crippen molar-refractivity contribution in [2.45, 2.75) is 65.7 Å². The van der Waals surface area contributed by atoms with Gasteiger partial charge in [0.2, 0.25) is 5.89 Å². The number of unbranched alkanes of at least 4 members (excludes halogenated alkanes) is 6. The molecule has 0 aliphatic heterocycles. The summed E-state index contributed by atoms with van der Waals surface area (Å²) in [5, 5.41) is 5.51.